The highest BCUT2D eigenvalue weighted by atomic mass is 32.2. The molecule has 0 unspecified atom stereocenters. The summed E-state index contributed by atoms with van der Waals surface area (Å²) in [6, 6.07) is 13.0. The molecule has 10 nitrogen and oxygen atoms in total. The van der Waals surface area contributed by atoms with Crippen LogP contribution in [-0.4, -0.2) is 84.5 Å². The van der Waals surface area contributed by atoms with Crippen molar-refractivity contribution < 1.29 is 22.8 Å². The van der Waals surface area contributed by atoms with Crippen LogP contribution in [0.25, 0.3) is 0 Å². The van der Waals surface area contributed by atoms with Crippen LogP contribution in [0.2, 0.25) is 0 Å². The fraction of sp³-hybridized carbons (Fsp3) is 0.379. The van der Waals surface area contributed by atoms with Gasteiger partial charge < -0.3 is 31.1 Å². The van der Waals surface area contributed by atoms with Gasteiger partial charge in [-0.15, -0.1) is 0 Å². The first-order chi connectivity index (χ1) is 20.5. The number of thioether (sulfide) groups is 1. The van der Waals surface area contributed by atoms with Crippen LogP contribution in [0.4, 0.5) is 36.2 Å². The summed E-state index contributed by atoms with van der Waals surface area (Å²) >= 11 is -0.223. The molecule has 0 bridgehead atoms. The number of carbonyl (C=O) groups excluding carboxylic acids is 2. The number of nitrogens with one attached hydrogen (secondary N) is 2. The number of nitrogens with two attached hydrogens (primary N) is 1. The van der Waals surface area contributed by atoms with Crippen molar-refractivity contribution in [2.75, 3.05) is 61.4 Å². The van der Waals surface area contributed by atoms with Gasteiger partial charge in [0, 0.05) is 67.1 Å². The van der Waals surface area contributed by atoms with Crippen molar-refractivity contribution in [2.24, 2.45) is 5.73 Å². The van der Waals surface area contributed by atoms with Crippen molar-refractivity contribution in [3.63, 3.8) is 0 Å². The van der Waals surface area contributed by atoms with Crippen molar-refractivity contribution in [3.05, 3.63) is 66.0 Å². The molecule has 2 aliphatic heterocycles. The van der Waals surface area contributed by atoms with E-state index in [-0.39, 0.29) is 45.7 Å². The van der Waals surface area contributed by atoms with Crippen molar-refractivity contribution in [2.45, 2.75) is 29.3 Å². The molecule has 2 aliphatic rings. The molecule has 5 rings (SSSR count). The summed E-state index contributed by atoms with van der Waals surface area (Å²) in [6.07, 6.45) is 2.98. The maximum atomic E-state index is 12.8. The molecule has 3 heterocycles. The van der Waals surface area contributed by atoms with E-state index in [9.17, 15) is 22.8 Å². The fourth-order valence-corrected chi connectivity index (χ4v) is 5.68. The molecule has 2 amide bonds. The van der Waals surface area contributed by atoms with Crippen LogP contribution < -0.4 is 26.2 Å². The van der Waals surface area contributed by atoms with Crippen LogP contribution in [-0.2, 0) is 0 Å². The van der Waals surface area contributed by atoms with Crippen LogP contribution in [0.3, 0.4) is 0 Å². The van der Waals surface area contributed by atoms with Gasteiger partial charge in [0.05, 0.1) is 6.20 Å². The maximum Gasteiger partial charge on any atom is 0.446 e. The summed E-state index contributed by atoms with van der Waals surface area (Å²) in [6.45, 7) is 5.02. The van der Waals surface area contributed by atoms with Gasteiger partial charge in [-0.05, 0) is 80.2 Å². The summed E-state index contributed by atoms with van der Waals surface area (Å²) in [4.78, 5) is 40.5. The van der Waals surface area contributed by atoms with Crippen LogP contribution in [0.1, 0.15) is 33.7 Å². The second-order valence-electron chi connectivity index (χ2n) is 10.6. The number of anilines is 4. The SMILES string of the molecule is CN1CCN(c2ccc(Nc3nc(N4CCC[C@@H](NC(=O)c5ccc(SC(F)(F)F)cc5)C4)cnc3C(N)=O)cc2)CC1. The number of benzene rings is 2. The van der Waals surface area contributed by atoms with Gasteiger partial charge in [0.15, 0.2) is 11.5 Å². The highest BCUT2D eigenvalue weighted by Gasteiger charge is 2.29. The Morgan fingerprint density at radius 3 is 2.33 bits per heavy atom. The zero-order valence-corrected chi connectivity index (χ0v) is 24.4. The number of aromatic nitrogens is 2. The quantitative estimate of drug-likeness (QED) is 0.323. The molecule has 0 spiro atoms. The summed E-state index contributed by atoms with van der Waals surface area (Å²) < 4.78 is 37.8. The van der Waals surface area contributed by atoms with E-state index < -0.39 is 11.4 Å². The van der Waals surface area contributed by atoms with Gasteiger partial charge in [-0.2, -0.15) is 13.2 Å². The third-order valence-electron chi connectivity index (χ3n) is 7.42. The number of rotatable bonds is 8. The van der Waals surface area contributed by atoms with Crippen LogP contribution in [0.15, 0.2) is 59.6 Å². The standard InChI is InChI=1S/C29H33F3N8O2S/c1-38-13-15-39(16-14-38)22-8-6-20(7-9-22)35-27-25(26(33)41)34-17-24(37-27)40-12-2-3-21(18-40)36-28(42)19-4-10-23(11-5-19)43-29(30,31)32/h4-11,17,21H,2-3,12-16,18H2,1H3,(H2,33,41)(H,35,37)(H,36,42)/t21-/m1/s1. The van der Waals surface area contributed by atoms with Gasteiger partial charge in [-0.3, -0.25) is 9.59 Å². The molecule has 228 valence electrons. The molecule has 3 aromatic rings. The molecule has 0 saturated carbocycles. The Hall–Kier alpha value is -4.04. The normalized spacial score (nSPS) is 17.9. The number of likely N-dealkylation sites (N-methyl/N-ethyl adjacent to an activating group) is 1. The second kappa shape index (κ2) is 13.1. The number of piperazine rings is 1. The predicted molar refractivity (Wildman–Crippen MR) is 161 cm³/mol. The number of hydrogen-bond acceptors (Lipinski definition) is 9. The minimum Gasteiger partial charge on any atom is -0.369 e. The molecule has 0 radical (unpaired) electrons. The van der Waals surface area contributed by atoms with Crippen molar-refractivity contribution in [1.82, 2.24) is 20.2 Å². The molecular weight excluding hydrogens is 581 g/mol. The highest BCUT2D eigenvalue weighted by Crippen LogP contribution is 2.36. The summed E-state index contributed by atoms with van der Waals surface area (Å²) in [5, 5.41) is 6.15. The topological polar surface area (TPSA) is 120 Å². The first-order valence-electron chi connectivity index (χ1n) is 13.9. The average molecular weight is 615 g/mol. The highest BCUT2D eigenvalue weighted by molar-refractivity contribution is 8.00. The Balaban J connectivity index is 1.24. The number of alkyl halides is 3. The van der Waals surface area contributed by atoms with Crippen molar-refractivity contribution in [3.8, 4) is 0 Å². The van der Waals surface area contributed by atoms with Crippen molar-refractivity contribution in [1.29, 1.82) is 0 Å². The van der Waals surface area contributed by atoms with Gasteiger partial charge in [0.2, 0.25) is 0 Å². The largest absolute Gasteiger partial charge is 0.446 e. The molecular formula is C29H33F3N8O2S. The van der Waals surface area contributed by atoms with Gasteiger partial charge in [-0.1, -0.05) is 0 Å². The Kier molecular flexibility index (Phi) is 9.25. The van der Waals surface area contributed by atoms with Crippen molar-refractivity contribution >= 4 is 46.6 Å². The van der Waals surface area contributed by atoms with E-state index in [0.717, 1.165) is 50.4 Å². The van der Waals surface area contributed by atoms with E-state index >= 15 is 0 Å². The first kappa shape index (κ1) is 30.4. The predicted octanol–water partition coefficient (Wildman–Crippen LogP) is 4.08. The molecule has 4 N–H and O–H groups in total. The number of carbonyl (C=O) groups is 2. The fourth-order valence-electron chi connectivity index (χ4n) is 5.14. The van der Waals surface area contributed by atoms with E-state index in [1.807, 2.05) is 29.2 Å². The summed E-state index contributed by atoms with van der Waals surface area (Å²) in [5.41, 5.74) is 3.34. The third-order valence-corrected chi connectivity index (χ3v) is 8.16. The zero-order valence-electron chi connectivity index (χ0n) is 23.6. The number of halogens is 3. The van der Waals surface area contributed by atoms with Gasteiger partial charge in [-0.25, -0.2) is 9.97 Å². The summed E-state index contributed by atoms with van der Waals surface area (Å²) in [5.74, 6) is -0.318. The molecule has 2 aromatic carbocycles. The third kappa shape index (κ3) is 8.08. The minimum absolute atomic E-state index is 0.0147. The van der Waals surface area contributed by atoms with Crippen LogP contribution >= 0.6 is 11.8 Å². The van der Waals surface area contributed by atoms with E-state index in [0.29, 0.717) is 18.9 Å². The minimum atomic E-state index is -4.39. The maximum absolute atomic E-state index is 12.8. The molecule has 1 atom stereocenters. The van der Waals surface area contributed by atoms with Crippen LogP contribution in [0, 0.1) is 0 Å². The van der Waals surface area contributed by atoms with E-state index in [2.05, 4.69) is 37.4 Å². The molecule has 43 heavy (non-hydrogen) atoms. The van der Waals surface area contributed by atoms with Gasteiger partial charge in [0.25, 0.3) is 11.8 Å². The molecule has 0 aliphatic carbocycles. The Bertz CT molecular complexity index is 1430. The van der Waals surface area contributed by atoms with E-state index in [4.69, 9.17) is 5.73 Å². The molecule has 2 saturated heterocycles. The second-order valence-corrected chi connectivity index (χ2v) is 11.7. The van der Waals surface area contributed by atoms with Crippen LogP contribution in [0.5, 0.6) is 0 Å². The average Bonchev–Trinajstić information content (AvgIpc) is 2.97. The molecule has 2 fully saturated rings. The smallest absolute Gasteiger partial charge is 0.369 e. The lowest BCUT2D eigenvalue weighted by atomic mass is 10.0. The van der Waals surface area contributed by atoms with E-state index in [1.54, 1.807) is 0 Å². The number of amides is 2. The summed E-state index contributed by atoms with van der Waals surface area (Å²) in [7, 11) is 2.11. The van der Waals surface area contributed by atoms with Gasteiger partial charge in [0.1, 0.15) is 5.82 Å². The van der Waals surface area contributed by atoms with E-state index in [1.165, 1.54) is 30.5 Å². The lowest BCUT2D eigenvalue weighted by molar-refractivity contribution is -0.0328. The lowest BCUT2D eigenvalue weighted by Gasteiger charge is -2.34. The molecule has 14 heteroatoms. The van der Waals surface area contributed by atoms with Gasteiger partial charge >= 0.3 is 5.51 Å². The number of nitrogens with zero attached hydrogens (tertiary/aromatic N) is 5. The lowest BCUT2D eigenvalue weighted by Crippen LogP contribution is -2.48. The number of piperidine rings is 1. The zero-order chi connectivity index (χ0) is 30.6. The first-order valence-corrected chi connectivity index (χ1v) is 14.7. The number of primary amides is 1. The number of hydrogen-bond donors (Lipinski definition) is 3. The monoisotopic (exact) mass is 614 g/mol. The molecule has 1 aromatic heterocycles. The Labute approximate surface area is 251 Å². The Morgan fingerprint density at radius 2 is 1.67 bits per heavy atom. The Morgan fingerprint density at radius 1 is 0.977 bits per heavy atom.